The summed E-state index contributed by atoms with van der Waals surface area (Å²) in [7, 11) is 1.35. The lowest BCUT2D eigenvalue weighted by Gasteiger charge is -2.25. The van der Waals surface area contributed by atoms with Gasteiger partial charge in [-0.3, -0.25) is 4.79 Å². The lowest BCUT2D eigenvalue weighted by Crippen LogP contribution is -2.43. The SMILES string of the molecule is COC(=O)[C@@H]1CCCN1C(=O)C(C)CS. The lowest BCUT2D eigenvalue weighted by molar-refractivity contribution is -0.151. The second-order valence-electron chi connectivity index (χ2n) is 3.80. The fourth-order valence-corrected chi connectivity index (χ4v) is 1.93. The second kappa shape index (κ2) is 5.39. The number of carbonyl (C=O) groups excluding carboxylic acids is 2. The average Bonchev–Trinajstić information content (AvgIpc) is 2.74. The van der Waals surface area contributed by atoms with E-state index in [4.69, 9.17) is 0 Å². The van der Waals surface area contributed by atoms with Gasteiger partial charge in [-0.1, -0.05) is 6.92 Å². The summed E-state index contributed by atoms with van der Waals surface area (Å²) in [5.41, 5.74) is 0. The van der Waals surface area contributed by atoms with Crippen molar-refractivity contribution in [3.63, 3.8) is 0 Å². The number of carbonyl (C=O) groups is 2. The summed E-state index contributed by atoms with van der Waals surface area (Å²) >= 11 is 4.09. The van der Waals surface area contributed by atoms with Gasteiger partial charge in [0.2, 0.25) is 5.91 Å². The Bertz CT molecular complexity index is 257. The zero-order chi connectivity index (χ0) is 11.4. The van der Waals surface area contributed by atoms with Gasteiger partial charge < -0.3 is 9.64 Å². The van der Waals surface area contributed by atoms with E-state index in [9.17, 15) is 9.59 Å². The van der Waals surface area contributed by atoms with Crippen molar-refractivity contribution < 1.29 is 14.3 Å². The summed E-state index contributed by atoms with van der Waals surface area (Å²) in [5.74, 6) is 0.0483. The Balaban J connectivity index is 2.68. The van der Waals surface area contributed by atoms with E-state index < -0.39 is 0 Å². The van der Waals surface area contributed by atoms with Gasteiger partial charge in [-0.25, -0.2) is 4.79 Å². The summed E-state index contributed by atoms with van der Waals surface area (Å²) < 4.78 is 4.68. The molecule has 0 aromatic rings. The van der Waals surface area contributed by atoms with Crippen molar-refractivity contribution in [3.05, 3.63) is 0 Å². The molecule has 1 unspecified atom stereocenters. The van der Waals surface area contributed by atoms with Crippen LogP contribution in [-0.2, 0) is 14.3 Å². The maximum absolute atomic E-state index is 11.9. The highest BCUT2D eigenvalue weighted by molar-refractivity contribution is 7.80. The molecule has 2 atom stereocenters. The van der Waals surface area contributed by atoms with E-state index >= 15 is 0 Å². The molecule has 0 aromatic heterocycles. The van der Waals surface area contributed by atoms with Gasteiger partial charge in [0.15, 0.2) is 0 Å². The van der Waals surface area contributed by atoms with Gasteiger partial charge in [0.05, 0.1) is 7.11 Å². The minimum Gasteiger partial charge on any atom is -0.467 e. The summed E-state index contributed by atoms with van der Waals surface area (Å²) in [6, 6.07) is -0.384. The zero-order valence-electron chi connectivity index (χ0n) is 9.10. The number of ether oxygens (including phenoxy) is 1. The molecule has 1 amide bonds. The summed E-state index contributed by atoms with van der Waals surface area (Å²) in [4.78, 5) is 24.9. The molecule has 0 aliphatic carbocycles. The first-order valence-electron chi connectivity index (χ1n) is 5.11. The van der Waals surface area contributed by atoms with Crippen LogP contribution in [0.1, 0.15) is 19.8 Å². The molecule has 86 valence electrons. The van der Waals surface area contributed by atoms with Gasteiger partial charge in [-0.05, 0) is 12.8 Å². The van der Waals surface area contributed by atoms with Crippen molar-refractivity contribution in [2.24, 2.45) is 5.92 Å². The molecule has 1 rings (SSSR count). The highest BCUT2D eigenvalue weighted by atomic mass is 32.1. The minimum absolute atomic E-state index is 0.00194. The van der Waals surface area contributed by atoms with E-state index in [1.54, 1.807) is 4.90 Å². The monoisotopic (exact) mass is 231 g/mol. The van der Waals surface area contributed by atoms with Gasteiger partial charge in [0.1, 0.15) is 6.04 Å². The van der Waals surface area contributed by atoms with Crippen LogP contribution >= 0.6 is 12.6 Å². The van der Waals surface area contributed by atoms with E-state index in [2.05, 4.69) is 17.4 Å². The third-order valence-electron chi connectivity index (χ3n) is 2.70. The third-order valence-corrected chi connectivity index (χ3v) is 3.25. The summed E-state index contributed by atoms with van der Waals surface area (Å²) in [5, 5.41) is 0. The molecule has 1 aliphatic rings. The first kappa shape index (κ1) is 12.4. The normalized spacial score (nSPS) is 22.6. The van der Waals surface area contributed by atoms with Crippen molar-refractivity contribution in [2.75, 3.05) is 19.4 Å². The Morgan fingerprint density at radius 1 is 1.60 bits per heavy atom. The molecule has 1 saturated heterocycles. The van der Waals surface area contributed by atoms with Crippen molar-refractivity contribution >= 4 is 24.5 Å². The van der Waals surface area contributed by atoms with Crippen LogP contribution in [0.3, 0.4) is 0 Å². The van der Waals surface area contributed by atoms with Gasteiger partial charge in [-0.2, -0.15) is 12.6 Å². The maximum atomic E-state index is 11.9. The summed E-state index contributed by atoms with van der Waals surface area (Å²) in [6.07, 6.45) is 1.57. The van der Waals surface area contributed by atoms with Crippen LogP contribution in [0.15, 0.2) is 0 Å². The number of methoxy groups -OCH3 is 1. The zero-order valence-corrected chi connectivity index (χ0v) is 10.00. The predicted molar refractivity (Wildman–Crippen MR) is 59.8 cm³/mol. The summed E-state index contributed by atoms with van der Waals surface area (Å²) in [6.45, 7) is 2.47. The molecule has 0 spiro atoms. The average molecular weight is 231 g/mol. The molecule has 0 bridgehead atoms. The van der Waals surface area contributed by atoms with Crippen LogP contribution < -0.4 is 0 Å². The van der Waals surface area contributed by atoms with Gasteiger partial charge in [0, 0.05) is 18.2 Å². The Kier molecular flexibility index (Phi) is 4.45. The predicted octanol–water partition coefficient (Wildman–Crippen LogP) is 0.716. The molecule has 1 aliphatic heterocycles. The molecule has 5 heteroatoms. The molecule has 0 N–H and O–H groups in total. The first-order valence-corrected chi connectivity index (χ1v) is 5.74. The number of hydrogen-bond donors (Lipinski definition) is 1. The van der Waals surface area contributed by atoms with Crippen LogP contribution in [-0.4, -0.2) is 42.2 Å². The Morgan fingerprint density at radius 2 is 2.27 bits per heavy atom. The smallest absolute Gasteiger partial charge is 0.328 e. The van der Waals surface area contributed by atoms with Crippen LogP contribution in [0.25, 0.3) is 0 Å². The standard InChI is InChI=1S/C10H17NO3S/c1-7(6-15)9(12)11-5-3-4-8(11)10(13)14-2/h7-8,15H,3-6H2,1-2H3/t7?,8-/m0/s1. The first-order chi connectivity index (χ1) is 7.11. The lowest BCUT2D eigenvalue weighted by atomic mass is 10.1. The molecule has 15 heavy (non-hydrogen) atoms. The Hall–Kier alpha value is -0.710. The van der Waals surface area contributed by atoms with Crippen molar-refractivity contribution in [2.45, 2.75) is 25.8 Å². The van der Waals surface area contributed by atoms with E-state index in [1.165, 1.54) is 7.11 Å². The van der Waals surface area contributed by atoms with Crippen LogP contribution in [0.5, 0.6) is 0 Å². The van der Waals surface area contributed by atoms with Crippen LogP contribution in [0, 0.1) is 5.92 Å². The number of rotatable bonds is 3. The fourth-order valence-electron chi connectivity index (χ4n) is 1.77. The molecule has 0 aromatic carbocycles. The number of hydrogen-bond acceptors (Lipinski definition) is 4. The van der Waals surface area contributed by atoms with E-state index in [0.29, 0.717) is 18.7 Å². The molecule has 0 radical (unpaired) electrons. The van der Waals surface area contributed by atoms with Gasteiger partial charge >= 0.3 is 5.97 Å². The van der Waals surface area contributed by atoms with Gasteiger partial charge in [-0.15, -0.1) is 0 Å². The number of esters is 1. The molecule has 0 saturated carbocycles. The number of likely N-dealkylation sites (tertiary alicyclic amines) is 1. The molecular weight excluding hydrogens is 214 g/mol. The topological polar surface area (TPSA) is 46.6 Å². The number of thiol groups is 1. The highest BCUT2D eigenvalue weighted by Crippen LogP contribution is 2.21. The largest absolute Gasteiger partial charge is 0.467 e. The third kappa shape index (κ3) is 2.65. The van der Waals surface area contributed by atoms with Gasteiger partial charge in [0.25, 0.3) is 0 Å². The van der Waals surface area contributed by atoms with E-state index in [-0.39, 0.29) is 23.8 Å². The van der Waals surface area contributed by atoms with E-state index in [0.717, 1.165) is 6.42 Å². The van der Waals surface area contributed by atoms with Crippen LogP contribution in [0.2, 0.25) is 0 Å². The van der Waals surface area contributed by atoms with Crippen LogP contribution in [0.4, 0.5) is 0 Å². The molecule has 4 nitrogen and oxygen atoms in total. The number of nitrogens with zero attached hydrogens (tertiary/aromatic N) is 1. The molecule has 1 fully saturated rings. The highest BCUT2D eigenvalue weighted by Gasteiger charge is 2.36. The molecular formula is C10H17NO3S. The van der Waals surface area contributed by atoms with Crippen molar-refractivity contribution in [1.82, 2.24) is 4.90 Å². The second-order valence-corrected chi connectivity index (χ2v) is 4.16. The van der Waals surface area contributed by atoms with E-state index in [1.807, 2.05) is 6.92 Å². The minimum atomic E-state index is -0.384. The quantitative estimate of drug-likeness (QED) is 0.575. The maximum Gasteiger partial charge on any atom is 0.328 e. The Labute approximate surface area is 95.4 Å². The van der Waals surface area contributed by atoms with Crippen molar-refractivity contribution in [1.29, 1.82) is 0 Å². The number of amides is 1. The Morgan fingerprint density at radius 3 is 2.80 bits per heavy atom. The fraction of sp³-hybridized carbons (Fsp3) is 0.800. The molecule has 1 heterocycles. The van der Waals surface area contributed by atoms with Crippen molar-refractivity contribution in [3.8, 4) is 0 Å².